The van der Waals surface area contributed by atoms with E-state index in [9.17, 15) is 18.0 Å². The Labute approximate surface area is 205 Å². The molecule has 1 aromatic carbocycles. The van der Waals surface area contributed by atoms with Gasteiger partial charge in [0.2, 0.25) is 11.8 Å². The molecule has 0 aliphatic carbocycles. The molecule has 0 radical (unpaired) electrons. The van der Waals surface area contributed by atoms with Gasteiger partial charge in [-0.3, -0.25) is 9.78 Å². The molecule has 4 rings (SSSR count). The van der Waals surface area contributed by atoms with Crippen molar-refractivity contribution in [1.82, 2.24) is 19.5 Å². The van der Waals surface area contributed by atoms with Crippen LogP contribution < -0.4 is 16.0 Å². The minimum atomic E-state index is -2.80. The van der Waals surface area contributed by atoms with Gasteiger partial charge in [-0.25, -0.2) is 18.2 Å². The summed E-state index contributed by atoms with van der Waals surface area (Å²) in [5.41, 5.74) is 7.70. The van der Waals surface area contributed by atoms with Crippen molar-refractivity contribution in [2.24, 2.45) is 0 Å². The van der Waals surface area contributed by atoms with Crippen LogP contribution in [0.2, 0.25) is 0 Å². The lowest BCUT2D eigenvalue weighted by molar-refractivity contribution is 0.146. The molecular weight excluding hydrogens is 471 g/mol. The maximum absolute atomic E-state index is 13.6. The SMILES string of the molecule is Cc1cc(-c2c(OCc3cccc(=O)n3C(C)C)nc(N)nc2-c2ccc(F)cc2)cc(C(F)F)n1. The third-order valence-electron chi connectivity index (χ3n) is 5.44. The molecule has 186 valence electrons. The maximum Gasteiger partial charge on any atom is 0.280 e. The Bertz CT molecular complexity index is 1450. The zero-order valence-electron chi connectivity index (χ0n) is 19.9. The number of nitrogen functional groups attached to an aromatic ring is 1. The summed E-state index contributed by atoms with van der Waals surface area (Å²) >= 11 is 0. The highest BCUT2D eigenvalue weighted by atomic mass is 19.3. The van der Waals surface area contributed by atoms with Gasteiger partial charge in [0.1, 0.15) is 18.1 Å². The molecule has 0 aliphatic rings. The average molecular weight is 496 g/mol. The van der Waals surface area contributed by atoms with E-state index in [1.807, 2.05) is 13.8 Å². The maximum atomic E-state index is 13.6. The zero-order chi connectivity index (χ0) is 26.0. The number of aromatic nitrogens is 4. The minimum Gasteiger partial charge on any atom is -0.471 e. The summed E-state index contributed by atoms with van der Waals surface area (Å²) in [5, 5.41) is 0. The van der Waals surface area contributed by atoms with E-state index in [4.69, 9.17) is 10.5 Å². The van der Waals surface area contributed by atoms with E-state index in [2.05, 4.69) is 15.0 Å². The van der Waals surface area contributed by atoms with Crippen LogP contribution in [0.15, 0.2) is 59.4 Å². The second kappa shape index (κ2) is 10.2. The van der Waals surface area contributed by atoms with Crippen molar-refractivity contribution in [2.45, 2.75) is 39.8 Å². The van der Waals surface area contributed by atoms with Crippen LogP contribution in [0.25, 0.3) is 22.4 Å². The molecule has 4 aromatic rings. The molecule has 7 nitrogen and oxygen atoms in total. The molecule has 0 aliphatic heterocycles. The number of ether oxygens (including phenoxy) is 1. The van der Waals surface area contributed by atoms with Gasteiger partial charge in [0.25, 0.3) is 12.0 Å². The molecule has 2 N–H and O–H groups in total. The number of benzene rings is 1. The van der Waals surface area contributed by atoms with E-state index in [0.29, 0.717) is 22.5 Å². The molecule has 0 amide bonds. The van der Waals surface area contributed by atoms with Gasteiger partial charge in [0, 0.05) is 23.4 Å². The minimum absolute atomic E-state index is 0.0271. The van der Waals surface area contributed by atoms with Gasteiger partial charge < -0.3 is 15.0 Å². The molecule has 0 fully saturated rings. The zero-order valence-corrected chi connectivity index (χ0v) is 19.9. The highest BCUT2D eigenvalue weighted by molar-refractivity contribution is 5.85. The first-order valence-electron chi connectivity index (χ1n) is 11.2. The first kappa shape index (κ1) is 24.9. The van der Waals surface area contributed by atoms with E-state index in [-0.39, 0.29) is 41.3 Å². The molecule has 0 bridgehead atoms. The van der Waals surface area contributed by atoms with Crippen LogP contribution in [-0.2, 0) is 6.61 Å². The normalized spacial score (nSPS) is 11.3. The summed E-state index contributed by atoms with van der Waals surface area (Å²) < 4.78 is 48.4. The summed E-state index contributed by atoms with van der Waals surface area (Å²) in [4.78, 5) is 24.9. The Morgan fingerprint density at radius 2 is 1.72 bits per heavy atom. The third kappa shape index (κ3) is 5.22. The first-order chi connectivity index (χ1) is 17.1. The van der Waals surface area contributed by atoms with Gasteiger partial charge in [0.15, 0.2) is 0 Å². The Hall–Kier alpha value is -4.21. The quantitative estimate of drug-likeness (QED) is 0.364. The molecule has 0 atom stereocenters. The molecule has 10 heteroatoms. The molecule has 0 saturated heterocycles. The van der Waals surface area contributed by atoms with Crippen LogP contribution in [-0.4, -0.2) is 19.5 Å². The Morgan fingerprint density at radius 3 is 2.39 bits per heavy atom. The summed E-state index contributed by atoms with van der Waals surface area (Å²) in [6.45, 7) is 5.29. The summed E-state index contributed by atoms with van der Waals surface area (Å²) in [7, 11) is 0. The molecule has 0 saturated carbocycles. The number of hydrogen-bond donors (Lipinski definition) is 1. The monoisotopic (exact) mass is 495 g/mol. The number of rotatable bonds is 7. The molecule has 3 heterocycles. The Kier molecular flexibility index (Phi) is 7.05. The third-order valence-corrected chi connectivity index (χ3v) is 5.44. The molecular formula is C26H24F3N5O2. The first-order valence-corrected chi connectivity index (χ1v) is 11.2. The second-order valence-corrected chi connectivity index (χ2v) is 8.45. The lowest BCUT2D eigenvalue weighted by Crippen LogP contribution is -2.25. The summed E-state index contributed by atoms with van der Waals surface area (Å²) in [6, 6.07) is 13.1. The van der Waals surface area contributed by atoms with Crippen LogP contribution >= 0.6 is 0 Å². The van der Waals surface area contributed by atoms with Crippen molar-refractivity contribution in [3.63, 3.8) is 0 Å². The van der Waals surface area contributed by atoms with Crippen molar-refractivity contribution in [2.75, 3.05) is 5.73 Å². The fourth-order valence-corrected chi connectivity index (χ4v) is 3.98. The van der Waals surface area contributed by atoms with Crippen molar-refractivity contribution in [3.8, 4) is 28.3 Å². The number of alkyl halides is 2. The lowest BCUT2D eigenvalue weighted by Gasteiger charge is -2.19. The van der Waals surface area contributed by atoms with E-state index in [1.54, 1.807) is 29.7 Å². The van der Waals surface area contributed by atoms with Crippen LogP contribution in [0.5, 0.6) is 5.88 Å². The van der Waals surface area contributed by atoms with Crippen molar-refractivity contribution in [1.29, 1.82) is 0 Å². The van der Waals surface area contributed by atoms with E-state index < -0.39 is 17.9 Å². The van der Waals surface area contributed by atoms with Gasteiger partial charge in [-0.15, -0.1) is 0 Å². The second-order valence-electron chi connectivity index (χ2n) is 8.45. The highest BCUT2D eigenvalue weighted by Gasteiger charge is 2.22. The topological polar surface area (TPSA) is 95.9 Å². The van der Waals surface area contributed by atoms with Crippen molar-refractivity contribution >= 4 is 5.95 Å². The fraction of sp³-hybridized carbons (Fsp3) is 0.231. The fourth-order valence-electron chi connectivity index (χ4n) is 3.98. The Balaban J connectivity index is 1.91. The van der Waals surface area contributed by atoms with Crippen LogP contribution in [0.4, 0.5) is 19.1 Å². The van der Waals surface area contributed by atoms with Crippen LogP contribution in [0.3, 0.4) is 0 Å². The van der Waals surface area contributed by atoms with Crippen LogP contribution in [0.1, 0.15) is 43.4 Å². The molecule has 3 aromatic heterocycles. The van der Waals surface area contributed by atoms with Gasteiger partial charge in [-0.2, -0.15) is 4.98 Å². The van der Waals surface area contributed by atoms with E-state index in [0.717, 1.165) is 0 Å². The summed E-state index contributed by atoms with van der Waals surface area (Å²) in [5.74, 6) is -0.546. The van der Waals surface area contributed by atoms with Crippen molar-refractivity contribution in [3.05, 3.63) is 87.9 Å². The van der Waals surface area contributed by atoms with Crippen molar-refractivity contribution < 1.29 is 17.9 Å². The molecule has 0 unspecified atom stereocenters. The highest BCUT2D eigenvalue weighted by Crippen LogP contribution is 2.39. The standard InChI is InChI=1S/C26H24F3N5O2/c1-14(2)34-19(5-4-6-21(34)35)13-36-25-22(17-11-15(3)31-20(12-17)24(28)29)23(32-26(30)33-25)16-7-9-18(27)10-8-16/h4-12,14,24H,13H2,1-3H3,(H2,30,32,33). The number of pyridine rings is 2. The van der Waals surface area contributed by atoms with Gasteiger partial charge in [-0.05, 0) is 68.8 Å². The lowest BCUT2D eigenvalue weighted by atomic mass is 9.99. The predicted molar refractivity (Wildman–Crippen MR) is 130 cm³/mol. The number of nitrogens with two attached hydrogens (primary N) is 1. The number of hydrogen-bond acceptors (Lipinski definition) is 6. The van der Waals surface area contributed by atoms with Gasteiger partial charge >= 0.3 is 0 Å². The largest absolute Gasteiger partial charge is 0.471 e. The number of halogens is 3. The Morgan fingerprint density at radius 1 is 1.00 bits per heavy atom. The molecule has 0 spiro atoms. The smallest absolute Gasteiger partial charge is 0.280 e. The van der Waals surface area contributed by atoms with E-state index in [1.165, 1.54) is 36.4 Å². The summed E-state index contributed by atoms with van der Waals surface area (Å²) in [6.07, 6.45) is -2.80. The molecule has 36 heavy (non-hydrogen) atoms. The number of aryl methyl sites for hydroxylation is 1. The predicted octanol–water partition coefficient (Wildman–Crippen LogP) is 5.49. The van der Waals surface area contributed by atoms with E-state index >= 15 is 0 Å². The average Bonchev–Trinajstić information content (AvgIpc) is 2.82. The van der Waals surface area contributed by atoms with Gasteiger partial charge in [0.05, 0.1) is 17.0 Å². The van der Waals surface area contributed by atoms with Gasteiger partial charge in [-0.1, -0.05) is 6.07 Å². The number of anilines is 1. The number of nitrogens with zero attached hydrogens (tertiary/aromatic N) is 4. The van der Waals surface area contributed by atoms with Crippen LogP contribution in [0, 0.1) is 12.7 Å².